The number of hydrogen-bond donors (Lipinski definition) is 2. The van der Waals surface area contributed by atoms with Crippen molar-refractivity contribution >= 4 is 29.9 Å². The van der Waals surface area contributed by atoms with Crippen LogP contribution in [0.15, 0.2) is 29.3 Å². The highest BCUT2D eigenvalue weighted by Crippen LogP contribution is 2.11. The van der Waals surface area contributed by atoms with Crippen LogP contribution in [0.4, 0.5) is 0 Å². The van der Waals surface area contributed by atoms with Crippen LogP contribution in [0.1, 0.15) is 31.9 Å². The Balaban J connectivity index is 0.00000312. The zero-order valence-corrected chi connectivity index (χ0v) is 18.1. The molecule has 1 fully saturated rings. The molecular formula is C19H33IN4O. The fourth-order valence-corrected chi connectivity index (χ4v) is 2.66. The molecule has 0 amide bonds. The Hall–Kier alpha value is -0.860. The third-order valence-electron chi connectivity index (χ3n) is 3.94. The van der Waals surface area contributed by atoms with Crippen molar-refractivity contribution in [3.63, 3.8) is 0 Å². The highest BCUT2D eigenvalue weighted by molar-refractivity contribution is 14.0. The van der Waals surface area contributed by atoms with E-state index in [1.165, 1.54) is 11.1 Å². The summed E-state index contributed by atoms with van der Waals surface area (Å²) in [5.74, 6) is 1.50. The van der Waals surface area contributed by atoms with Gasteiger partial charge in [-0.15, -0.1) is 24.0 Å². The van der Waals surface area contributed by atoms with Crippen molar-refractivity contribution in [3.8, 4) is 0 Å². The number of morpholine rings is 1. The van der Waals surface area contributed by atoms with Gasteiger partial charge in [-0.05, 0) is 24.0 Å². The third-order valence-corrected chi connectivity index (χ3v) is 3.94. The fourth-order valence-electron chi connectivity index (χ4n) is 2.66. The number of aliphatic imine (C=N–C) groups is 1. The van der Waals surface area contributed by atoms with Crippen molar-refractivity contribution in [2.75, 3.05) is 39.4 Å². The molecule has 1 aliphatic rings. The van der Waals surface area contributed by atoms with Crippen LogP contribution in [0.3, 0.4) is 0 Å². The predicted molar refractivity (Wildman–Crippen MR) is 116 cm³/mol. The molecule has 2 rings (SSSR count). The summed E-state index contributed by atoms with van der Waals surface area (Å²) in [5, 5.41) is 6.69. The summed E-state index contributed by atoms with van der Waals surface area (Å²) in [6, 6.07) is 8.75. The molecule has 0 saturated carbocycles. The Bertz CT molecular complexity index is 516. The summed E-state index contributed by atoms with van der Waals surface area (Å²) in [5.41, 5.74) is 2.60. The van der Waals surface area contributed by atoms with Crippen LogP contribution < -0.4 is 10.6 Å². The van der Waals surface area contributed by atoms with Crippen LogP contribution in [0, 0.1) is 5.92 Å². The summed E-state index contributed by atoms with van der Waals surface area (Å²) in [6.45, 7) is 13.7. The van der Waals surface area contributed by atoms with Crippen LogP contribution in [-0.2, 0) is 17.8 Å². The SMILES string of the molecule is CCNC(=NCc1cccc(CN2CCOCC2)c1)NCC(C)C.I. The molecular weight excluding hydrogens is 427 g/mol. The van der Waals surface area contributed by atoms with Gasteiger partial charge in [0.2, 0.25) is 0 Å². The lowest BCUT2D eigenvalue weighted by Crippen LogP contribution is -2.39. The van der Waals surface area contributed by atoms with E-state index < -0.39 is 0 Å². The van der Waals surface area contributed by atoms with E-state index in [-0.39, 0.29) is 24.0 Å². The number of benzene rings is 1. The number of guanidine groups is 1. The second kappa shape index (κ2) is 12.5. The number of ether oxygens (including phenoxy) is 1. The maximum Gasteiger partial charge on any atom is 0.191 e. The number of nitrogens with one attached hydrogen (secondary N) is 2. The first-order valence-corrected chi connectivity index (χ1v) is 9.07. The molecule has 1 aromatic rings. The highest BCUT2D eigenvalue weighted by Gasteiger charge is 2.10. The molecule has 0 aromatic heterocycles. The number of nitrogens with zero attached hydrogens (tertiary/aromatic N) is 2. The van der Waals surface area contributed by atoms with E-state index in [4.69, 9.17) is 9.73 Å². The molecule has 2 N–H and O–H groups in total. The standard InChI is InChI=1S/C19H32N4O.HI/c1-4-20-19(21-13-16(2)3)22-14-17-6-5-7-18(12-17)15-23-8-10-24-11-9-23;/h5-7,12,16H,4,8-11,13-15H2,1-3H3,(H2,20,21,22);1H. The quantitative estimate of drug-likeness (QED) is 0.373. The lowest BCUT2D eigenvalue weighted by Gasteiger charge is -2.26. The second-order valence-electron chi connectivity index (χ2n) is 6.68. The van der Waals surface area contributed by atoms with E-state index in [9.17, 15) is 0 Å². The molecule has 1 aromatic carbocycles. The molecule has 25 heavy (non-hydrogen) atoms. The molecule has 6 heteroatoms. The third kappa shape index (κ3) is 8.87. The van der Waals surface area contributed by atoms with E-state index in [1.807, 2.05) is 0 Å². The van der Waals surface area contributed by atoms with Gasteiger partial charge in [-0.3, -0.25) is 4.90 Å². The van der Waals surface area contributed by atoms with Crippen molar-refractivity contribution in [2.45, 2.75) is 33.9 Å². The smallest absolute Gasteiger partial charge is 0.191 e. The van der Waals surface area contributed by atoms with Crippen molar-refractivity contribution < 1.29 is 4.74 Å². The van der Waals surface area contributed by atoms with Crippen molar-refractivity contribution in [1.82, 2.24) is 15.5 Å². The minimum atomic E-state index is 0. The van der Waals surface area contributed by atoms with Gasteiger partial charge >= 0.3 is 0 Å². The van der Waals surface area contributed by atoms with E-state index >= 15 is 0 Å². The molecule has 1 heterocycles. The number of rotatable bonds is 7. The summed E-state index contributed by atoms with van der Waals surface area (Å²) in [7, 11) is 0. The van der Waals surface area contributed by atoms with E-state index in [0.717, 1.165) is 51.9 Å². The maximum absolute atomic E-state index is 5.42. The lowest BCUT2D eigenvalue weighted by molar-refractivity contribution is 0.0342. The van der Waals surface area contributed by atoms with Crippen molar-refractivity contribution in [1.29, 1.82) is 0 Å². The van der Waals surface area contributed by atoms with Gasteiger partial charge < -0.3 is 15.4 Å². The zero-order chi connectivity index (χ0) is 17.2. The minimum Gasteiger partial charge on any atom is -0.379 e. The number of hydrogen-bond acceptors (Lipinski definition) is 3. The summed E-state index contributed by atoms with van der Waals surface area (Å²) in [4.78, 5) is 7.15. The van der Waals surface area contributed by atoms with E-state index in [1.54, 1.807) is 0 Å². The first-order valence-electron chi connectivity index (χ1n) is 9.07. The Morgan fingerprint density at radius 2 is 1.92 bits per heavy atom. The first-order chi connectivity index (χ1) is 11.7. The molecule has 1 aliphatic heterocycles. The van der Waals surface area contributed by atoms with Gasteiger partial charge in [0.15, 0.2) is 5.96 Å². The monoisotopic (exact) mass is 460 g/mol. The van der Waals surface area contributed by atoms with Crippen molar-refractivity contribution in [2.24, 2.45) is 10.9 Å². The average Bonchev–Trinajstić information content (AvgIpc) is 2.58. The van der Waals surface area contributed by atoms with Crippen LogP contribution >= 0.6 is 24.0 Å². The molecule has 0 spiro atoms. The molecule has 0 radical (unpaired) electrons. The zero-order valence-electron chi connectivity index (χ0n) is 15.8. The summed E-state index contributed by atoms with van der Waals surface area (Å²) in [6.07, 6.45) is 0. The highest BCUT2D eigenvalue weighted by atomic mass is 127. The van der Waals surface area contributed by atoms with Gasteiger partial charge in [0.25, 0.3) is 0 Å². The lowest BCUT2D eigenvalue weighted by atomic mass is 10.1. The summed E-state index contributed by atoms with van der Waals surface area (Å²) >= 11 is 0. The van der Waals surface area contributed by atoms with Crippen molar-refractivity contribution in [3.05, 3.63) is 35.4 Å². The Labute approximate surface area is 169 Å². The molecule has 0 unspecified atom stereocenters. The topological polar surface area (TPSA) is 48.9 Å². The van der Waals surface area contributed by atoms with Gasteiger partial charge in [0.05, 0.1) is 19.8 Å². The molecule has 1 saturated heterocycles. The first kappa shape index (κ1) is 22.2. The molecule has 0 aliphatic carbocycles. The summed E-state index contributed by atoms with van der Waals surface area (Å²) < 4.78 is 5.42. The van der Waals surface area contributed by atoms with Crippen LogP contribution in [-0.4, -0.2) is 50.3 Å². The maximum atomic E-state index is 5.42. The molecule has 5 nitrogen and oxygen atoms in total. The Kier molecular flexibility index (Phi) is 11.1. The predicted octanol–water partition coefficient (Wildman–Crippen LogP) is 2.85. The second-order valence-corrected chi connectivity index (χ2v) is 6.68. The Morgan fingerprint density at radius 1 is 1.20 bits per heavy atom. The fraction of sp³-hybridized carbons (Fsp3) is 0.632. The van der Waals surface area contributed by atoms with E-state index in [0.29, 0.717) is 12.5 Å². The molecule has 0 bridgehead atoms. The van der Waals surface area contributed by atoms with Gasteiger partial charge in [-0.2, -0.15) is 0 Å². The van der Waals surface area contributed by atoms with Gasteiger partial charge in [0.1, 0.15) is 0 Å². The normalized spacial score (nSPS) is 15.8. The number of halogens is 1. The Morgan fingerprint density at radius 3 is 2.60 bits per heavy atom. The van der Waals surface area contributed by atoms with Gasteiger partial charge in [-0.1, -0.05) is 38.1 Å². The van der Waals surface area contributed by atoms with Crippen LogP contribution in [0.5, 0.6) is 0 Å². The minimum absolute atomic E-state index is 0. The largest absolute Gasteiger partial charge is 0.379 e. The van der Waals surface area contributed by atoms with Gasteiger partial charge in [0, 0.05) is 32.7 Å². The van der Waals surface area contributed by atoms with Crippen LogP contribution in [0.2, 0.25) is 0 Å². The van der Waals surface area contributed by atoms with Crippen LogP contribution in [0.25, 0.3) is 0 Å². The van der Waals surface area contributed by atoms with Gasteiger partial charge in [-0.25, -0.2) is 4.99 Å². The average molecular weight is 460 g/mol. The molecule has 142 valence electrons. The van der Waals surface area contributed by atoms with E-state index in [2.05, 4.69) is 60.6 Å². The molecule has 0 atom stereocenters.